The highest BCUT2D eigenvalue weighted by molar-refractivity contribution is 5.61. The average Bonchev–Trinajstić information content (AvgIpc) is 2.17. The molecular formula is C9H10N2O3. The molecule has 5 nitrogen and oxygen atoms in total. The molecule has 1 heterocycles. The molecule has 0 aromatic carbocycles. The van der Waals surface area contributed by atoms with Gasteiger partial charge in [-0.25, -0.2) is 4.98 Å². The van der Waals surface area contributed by atoms with E-state index in [-0.39, 0.29) is 0 Å². The number of methoxy groups -OCH3 is 1. The molecule has 0 aliphatic rings. The van der Waals surface area contributed by atoms with E-state index in [0.717, 1.165) is 6.20 Å². The third-order valence-electron chi connectivity index (χ3n) is 1.70. The van der Waals surface area contributed by atoms with Crippen LogP contribution in [0.25, 0.3) is 5.57 Å². The molecule has 0 radical (unpaired) electrons. The Kier molecular flexibility index (Phi) is 3.17. The fourth-order valence-electron chi connectivity index (χ4n) is 0.967. The van der Waals surface area contributed by atoms with Gasteiger partial charge < -0.3 is 4.74 Å². The largest absolute Gasteiger partial charge is 0.481 e. The lowest BCUT2D eigenvalue weighted by molar-refractivity contribution is -0.401. The first-order valence-corrected chi connectivity index (χ1v) is 3.96. The fourth-order valence-corrected chi connectivity index (χ4v) is 0.967. The molecule has 0 bridgehead atoms. The Labute approximate surface area is 81.2 Å². The van der Waals surface area contributed by atoms with Crippen LogP contribution in [0.3, 0.4) is 0 Å². The van der Waals surface area contributed by atoms with Gasteiger partial charge in [-0.05, 0) is 13.0 Å². The molecule has 0 aliphatic carbocycles. The number of allylic oxidation sites excluding steroid dienone is 1. The molecule has 0 saturated heterocycles. The van der Waals surface area contributed by atoms with Gasteiger partial charge in [-0.15, -0.1) is 0 Å². The zero-order chi connectivity index (χ0) is 10.6. The zero-order valence-electron chi connectivity index (χ0n) is 7.93. The van der Waals surface area contributed by atoms with Crippen LogP contribution in [0.15, 0.2) is 24.5 Å². The van der Waals surface area contributed by atoms with Crippen LogP contribution in [-0.4, -0.2) is 17.0 Å². The molecule has 0 atom stereocenters. The van der Waals surface area contributed by atoms with Crippen LogP contribution < -0.4 is 4.74 Å². The van der Waals surface area contributed by atoms with Gasteiger partial charge in [0, 0.05) is 23.4 Å². The van der Waals surface area contributed by atoms with Gasteiger partial charge in [0.25, 0.3) is 0 Å². The molecule has 5 heteroatoms. The van der Waals surface area contributed by atoms with Gasteiger partial charge >= 0.3 is 0 Å². The van der Waals surface area contributed by atoms with Gasteiger partial charge in [-0.2, -0.15) is 0 Å². The lowest BCUT2D eigenvalue weighted by Crippen LogP contribution is -1.90. The Hall–Kier alpha value is -1.91. The third kappa shape index (κ3) is 2.55. The van der Waals surface area contributed by atoms with Crippen molar-refractivity contribution in [3.8, 4) is 5.88 Å². The molecule has 1 rings (SSSR count). The van der Waals surface area contributed by atoms with E-state index in [1.165, 1.54) is 13.3 Å². The van der Waals surface area contributed by atoms with E-state index in [1.807, 2.05) is 0 Å². The minimum Gasteiger partial charge on any atom is -0.481 e. The topological polar surface area (TPSA) is 65.3 Å². The minimum atomic E-state index is -0.487. The van der Waals surface area contributed by atoms with Gasteiger partial charge in [-0.3, -0.25) is 10.1 Å². The highest BCUT2D eigenvalue weighted by Gasteiger charge is 2.01. The Balaban J connectivity index is 2.92. The van der Waals surface area contributed by atoms with E-state index < -0.39 is 4.92 Å². The van der Waals surface area contributed by atoms with E-state index in [9.17, 15) is 10.1 Å². The van der Waals surface area contributed by atoms with Crippen LogP contribution in [0.2, 0.25) is 0 Å². The molecule has 0 unspecified atom stereocenters. The molecular weight excluding hydrogens is 184 g/mol. The van der Waals surface area contributed by atoms with Gasteiger partial charge in [0.1, 0.15) is 0 Å². The summed E-state index contributed by atoms with van der Waals surface area (Å²) in [5.74, 6) is 0.489. The summed E-state index contributed by atoms with van der Waals surface area (Å²) < 4.78 is 4.87. The van der Waals surface area contributed by atoms with Crippen molar-refractivity contribution in [1.82, 2.24) is 4.98 Å². The molecule has 0 amide bonds. The van der Waals surface area contributed by atoms with Crippen molar-refractivity contribution in [1.29, 1.82) is 0 Å². The van der Waals surface area contributed by atoms with Gasteiger partial charge in [0.15, 0.2) is 0 Å². The molecule has 14 heavy (non-hydrogen) atoms. The number of ether oxygens (including phenoxy) is 1. The zero-order valence-corrected chi connectivity index (χ0v) is 7.93. The summed E-state index contributed by atoms with van der Waals surface area (Å²) in [7, 11) is 1.52. The van der Waals surface area contributed by atoms with Crippen molar-refractivity contribution >= 4 is 5.57 Å². The summed E-state index contributed by atoms with van der Waals surface area (Å²) in [5, 5.41) is 10.2. The molecule has 0 saturated carbocycles. The summed E-state index contributed by atoms with van der Waals surface area (Å²) in [6.45, 7) is 1.66. The molecule has 0 spiro atoms. The van der Waals surface area contributed by atoms with E-state index in [1.54, 1.807) is 19.1 Å². The molecule has 0 N–H and O–H groups in total. The monoisotopic (exact) mass is 194 g/mol. The standard InChI is InChI=1S/C9H10N2O3/c1-7(6-11(12)13)8-3-4-9(14-2)10-5-8/h3-6H,1-2H3/b7-6+. The maximum absolute atomic E-state index is 10.2. The van der Waals surface area contributed by atoms with E-state index in [2.05, 4.69) is 4.98 Å². The highest BCUT2D eigenvalue weighted by atomic mass is 16.6. The van der Waals surface area contributed by atoms with Crippen LogP contribution in [0.5, 0.6) is 5.88 Å². The Bertz CT molecular complexity index is 357. The number of hydrogen-bond acceptors (Lipinski definition) is 4. The van der Waals surface area contributed by atoms with Crippen molar-refractivity contribution in [2.45, 2.75) is 6.92 Å². The Morgan fingerprint density at radius 2 is 2.36 bits per heavy atom. The molecule has 1 aromatic rings. The van der Waals surface area contributed by atoms with Crippen LogP contribution >= 0.6 is 0 Å². The Morgan fingerprint density at radius 3 is 2.79 bits per heavy atom. The lowest BCUT2D eigenvalue weighted by atomic mass is 10.1. The second-order valence-corrected chi connectivity index (χ2v) is 2.69. The number of hydrogen-bond donors (Lipinski definition) is 0. The first-order chi connectivity index (χ1) is 6.63. The van der Waals surface area contributed by atoms with Crippen molar-refractivity contribution in [3.63, 3.8) is 0 Å². The third-order valence-corrected chi connectivity index (χ3v) is 1.70. The summed E-state index contributed by atoms with van der Waals surface area (Å²) >= 11 is 0. The maximum Gasteiger partial charge on any atom is 0.237 e. The van der Waals surface area contributed by atoms with Crippen molar-refractivity contribution < 1.29 is 9.66 Å². The molecule has 0 aliphatic heterocycles. The predicted molar refractivity (Wildman–Crippen MR) is 51.4 cm³/mol. The van der Waals surface area contributed by atoms with Crippen LogP contribution in [0.4, 0.5) is 0 Å². The minimum absolute atomic E-state index is 0.487. The summed E-state index contributed by atoms with van der Waals surface area (Å²) in [6.07, 6.45) is 2.48. The first kappa shape index (κ1) is 10.2. The fraction of sp³-hybridized carbons (Fsp3) is 0.222. The second kappa shape index (κ2) is 4.36. The smallest absolute Gasteiger partial charge is 0.237 e. The van der Waals surface area contributed by atoms with Gasteiger partial charge in [-0.1, -0.05) is 0 Å². The summed E-state index contributed by atoms with van der Waals surface area (Å²) in [4.78, 5) is 13.6. The summed E-state index contributed by atoms with van der Waals surface area (Å²) in [6, 6.07) is 3.38. The quantitative estimate of drug-likeness (QED) is 0.542. The second-order valence-electron chi connectivity index (χ2n) is 2.69. The number of nitro groups is 1. The lowest BCUT2D eigenvalue weighted by Gasteiger charge is -2.00. The van der Waals surface area contributed by atoms with E-state index in [0.29, 0.717) is 17.0 Å². The van der Waals surface area contributed by atoms with Crippen molar-refractivity contribution in [2.24, 2.45) is 0 Å². The SMILES string of the molecule is COc1ccc(/C(C)=C/[N+](=O)[O-])cn1. The molecule has 0 fully saturated rings. The van der Waals surface area contributed by atoms with Crippen LogP contribution in [0, 0.1) is 10.1 Å². The first-order valence-electron chi connectivity index (χ1n) is 3.96. The van der Waals surface area contributed by atoms with Gasteiger partial charge in [0.2, 0.25) is 12.1 Å². The average molecular weight is 194 g/mol. The number of rotatable bonds is 3. The molecule has 1 aromatic heterocycles. The summed E-state index contributed by atoms with van der Waals surface area (Å²) in [5.41, 5.74) is 1.27. The van der Waals surface area contributed by atoms with E-state index >= 15 is 0 Å². The number of nitrogens with zero attached hydrogens (tertiary/aromatic N) is 2. The van der Waals surface area contributed by atoms with Crippen molar-refractivity contribution in [2.75, 3.05) is 7.11 Å². The number of aromatic nitrogens is 1. The highest BCUT2D eigenvalue weighted by Crippen LogP contribution is 2.14. The van der Waals surface area contributed by atoms with Gasteiger partial charge in [0.05, 0.1) is 12.0 Å². The van der Waals surface area contributed by atoms with Crippen LogP contribution in [0.1, 0.15) is 12.5 Å². The molecule has 74 valence electrons. The van der Waals surface area contributed by atoms with Crippen LogP contribution in [-0.2, 0) is 0 Å². The predicted octanol–water partition coefficient (Wildman–Crippen LogP) is 1.73. The maximum atomic E-state index is 10.2. The Morgan fingerprint density at radius 1 is 1.64 bits per heavy atom. The normalized spacial score (nSPS) is 11.1. The van der Waals surface area contributed by atoms with E-state index in [4.69, 9.17) is 4.74 Å². The van der Waals surface area contributed by atoms with Crippen molar-refractivity contribution in [3.05, 3.63) is 40.2 Å². The number of pyridine rings is 1.